The summed E-state index contributed by atoms with van der Waals surface area (Å²) in [5, 5.41) is 11.9. The highest BCUT2D eigenvalue weighted by Gasteiger charge is 2.14. The largest absolute Gasteiger partial charge is 0.411 e. The molecular weight excluding hydrogens is 249 g/mol. The van der Waals surface area contributed by atoms with Crippen molar-refractivity contribution in [2.45, 2.75) is 0 Å². The van der Waals surface area contributed by atoms with E-state index in [1.54, 1.807) is 4.57 Å². The molecule has 1 heterocycles. The number of nitrogens with zero attached hydrogens (tertiary/aromatic N) is 3. The molecule has 82 valence electrons. The van der Waals surface area contributed by atoms with E-state index in [1.807, 2.05) is 30.3 Å². The molecular formula is C10H7Cl2N3O. The summed E-state index contributed by atoms with van der Waals surface area (Å²) >= 11 is 11.8. The molecule has 0 amide bonds. The van der Waals surface area contributed by atoms with Gasteiger partial charge in [0.25, 0.3) is 0 Å². The number of benzene rings is 1. The number of para-hydroxylation sites is 1. The molecule has 4 nitrogen and oxygen atoms in total. The van der Waals surface area contributed by atoms with Gasteiger partial charge in [0.15, 0.2) is 5.15 Å². The Morgan fingerprint density at radius 2 is 1.94 bits per heavy atom. The minimum Gasteiger partial charge on any atom is -0.411 e. The molecule has 0 fully saturated rings. The van der Waals surface area contributed by atoms with Gasteiger partial charge in [-0.2, -0.15) is 0 Å². The zero-order valence-corrected chi connectivity index (χ0v) is 9.52. The zero-order valence-electron chi connectivity index (χ0n) is 8.01. The number of rotatable bonds is 2. The summed E-state index contributed by atoms with van der Waals surface area (Å²) in [4.78, 5) is 3.90. The quantitative estimate of drug-likeness (QED) is 0.510. The van der Waals surface area contributed by atoms with Crippen molar-refractivity contribution in [2.24, 2.45) is 5.16 Å². The van der Waals surface area contributed by atoms with E-state index in [4.69, 9.17) is 28.4 Å². The van der Waals surface area contributed by atoms with E-state index in [2.05, 4.69) is 10.1 Å². The molecule has 0 aliphatic heterocycles. The lowest BCUT2D eigenvalue weighted by molar-refractivity contribution is 0.321. The van der Waals surface area contributed by atoms with E-state index < -0.39 is 0 Å². The highest BCUT2D eigenvalue weighted by Crippen LogP contribution is 2.23. The first-order chi connectivity index (χ1) is 7.74. The maximum absolute atomic E-state index is 8.55. The molecule has 0 aliphatic rings. The lowest BCUT2D eigenvalue weighted by atomic mass is 10.3. The molecule has 0 unspecified atom stereocenters. The van der Waals surface area contributed by atoms with Crippen LogP contribution in [0.4, 0.5) is 0 Å². The minimum atomic E-state index is 0.187. The lowest BCUT2D eigenvalue weighted by Gasteiger charge is -2.05. The Hall–Kier alpha value is -1.52. The first-order valence-corrected chi connectivity index (χ1v) is 5.16. The third-order valence-corrected chi connectivity index (χ3v) is 2.55. The number of halogens is 2. The molecule has 16 heavy (non-hydrogen) atoms. The molecule has 2 rings (SSSR count). The van der Waals surface area contributed by atoms with Crippen LogP contribution in [0.25, 0.3) is 5.69 Å². The Kier molecular flexibility index (Phi) is 3.12. The monoisotopic (exact) mass is 255 g/mol. The average molecular weight is 256 g/mol. The van der Waals surface area contributed by atoms with Gasteiger partial charge in [0, 0.05) is 5.69 Å². The van der Waals surface area contributed by atoms with Crippen molar-refractivity contribution in [3.05, 3.63) is 46.5 Å². The molecule has 0 saturated carbocycles. The van der Waals surface area contributed by atoms with E-state index >= 15 is 0 Å². The van der Waals surface area contributed by atoms with Crippen LogP contribution in [-0.2, 0) is 0 Å². The number of aromatic nitrogens is 2. The van der Waals surface area contributed by atoms with Crippen LogP contribution in [0.3, 0.4) is 0 Å². The predicted octanol–water partition coefficient (Wildman–Crippen LogP) is 2.99. The van der Waals surface area contributed by atoms with Crippen molar-refractivity contribution in [1.82, 2.24) is 9.55 Å². The second-order valence-corrected chi connectivity index (χ2v) is 3.67. The summed E-state index contributed by atoms with van der Waals surface area (Å²) in [5.41, 5.74) is 1.22. The predicted molar refractivity (Wildman–Crippen MR) is 63.0 cm³/mol. The summed E-state index contributed by atoms with van der Waals surface area (Å²) in [6, 6.07) is 9.30. The maximum atomic E-state index is 8.55. The molecule has 0 radical (unpaired) electrons. The van der Waals surface area contributed by atoms with Crippen molar-refractivity contribution in [3.8, 4) is 5.69 Å². The van der Waals surface area contributed by atoms with Gasteiger partial charge in [-0.3, -0.25) is 4.57 Å². The van der Waals surface area contributed by atoms with Gasteiger partial charge in [-0.1, -0.05) is 35.0 Å². The van der Waals surface area contributed by atoms with Crippen molar-refractivity contribution in [3.63, 3.8) is 0 Å². The summed E-state index contributed by atoms with van der Waals surface area (Å²) in [5.74, 6) is 0. The van der Waals surface area contributed by atoms with Crippen LogP contribution < -0.4 is 0 Å². The molecule has 0 bridgehead atoms. The molecule has 1 aromatic carbocycles. The van der Waals surface area contributed by atoms with E-state index in [0.717, 1.165) is 5.69 Å². The standard InChI is InChI=1S/C10H7Cl2N3O/c11-9-8(6-13-16)15(10(12)14-9)7-4-2-1-3-5-7/h1-6,16H. The fraction of sp³-hybridized carbons (Fsp3) is 0. The topological polar surface area (TPSA) is 50.4 Å². The summed E-state index contributed by atoms with van der Waals surface area (Å²) in [6.07, 6.45) is 1.19. The van der Waals surface area contributed by atoms with Crippen LogP contribution in [0.1, 0.15) is 5.69 Å². The van der Waals surface area contributed by atoms with Crippen LogP contribution in [0, 0.1) is 0 Å². The van der Waals surface area contributed by atoms with Crippen LogP contribution in [0.15, 0.2) is 35.5 Å². The second kappa shape index (κ2) is 4.55. The van der Waals surface area contributed by atoms with Crippen LogP contribution in [0.5, 0.6) is 0 Å². The smallest absolute Gasteiger partial charge is 0.209 e. The third-order valence-electron chi connectivity index (χ3n) is 2.02. The molecule has 6 heteroatoms. The van der Waals surface area contributed by atoms with Crippen molar-refractivity contribution < 1.29 is 5.21 Å². The Balaban J connectivity index is 2.64. The SMILES string of the molecule is ON=Cc1c(Cl)nc(Cl)n1-c1ccccc1. The molecule has 0 saturated heterocycles. The van der Waals surface area contributed by atoms with Gasteiger partial charge in [-0.25, -0.2) is 4.98 Å². The van der Waals surface area contributed by atoms with E-state index in [9.17, 15) is 0 Å². The fourth-order valence-corrected chi connectivity index (χ4v) is 1.90. The van der Waals surface area contributed by atoms with Gasteiger partial charge < -0.3 is 5.21 Å². The maximum Gasteiger partial charge on any atom is 0.209 e. The highest BCUT2D eigenvalue weighted by molar-refractivity contribution is 6.34. The van der Waals surface area contributed by atoms with Crippen molar-refractivity contribution >= 4 is 29.4 Å². The molecule has 2 aromatic rings. The van der Waals surface area contributed by atoms with Crippen molar-refractivity contribution in [2.75, 3.05) is 0 Å². The molecule has 1 N–H and O–H groups in total. The van der Waals surface area contributed by atoms with Gasteiger partial charge in [-0.15, -0.1) is 0 Å². The third kappa shape index (κ3) is 1.89. The van der Waals surface area contributed by atoms with Gasteiger partial charge in [0.2, 0.25) is 5.28 Å². The van der Waals surface area contributed by atoms with Gasteiger partial charge in [-0.05, 0) is 23.7 Å². The lowest BCUT2D eigenvalue weighted by Crippen LogP contribution is -1.99. The fourth-order valence-electron chi connectivity index (χ4n) is 1.37. The summed E-state index contributed by atoms with van der Waals surface area (Å²) in [6.45, 7) is 0. The summed E-state index contributed by atoms with van der Waals surface area (Å²) in [7, 11) is 0. The number of oxime groups is 1. The Morgan fingerprint density at radius 1 is 1.25 bits per heavy atom. The number of imidazole rings is 1. The van der Waals surface area contributed by atoms with Gasteiger partial charge in [0.05, 0.1) is 6.21 Å². The van der Waals surface area contributed by atoms with Crippen molar-refractivity contribution in [1.29, 1.82) is 0 Å². The van der Waals surface area contributed by atoms with Crippen LogP contribution >= 0.6 is 23.2 Å². The van der Waals surface area contributed by atoms with Gasteiger partial charge in [0.1, 0.15) is 5.69 Å². The Labute approximate surface area is 102 Å². The van der Waals surface area contributed by atoms with Crippen LogP contribution in [-0.4, -0.2) is 21.0 Å². The minimum absolute atomic E-state index is 0.187. The highest BCUT2D eigenvalue weighted by atomic mass is 35.5. The Bertz CT molecular complexity index is 522. The zero-order chi connectivity index (χ0) is 11.5. The number of hydrogen-bond acceptors (Lipinski definition) is 3. The normalized spacial score (nSPS) is 11.1. The molecule has 1 aromatic heterocycles. The van der Waals surface area contributed by atoms with E-state index in [-0.39, 0.29) is 10.4 Å². The molecule has 0 atom stereocenters. The van der Waals surface area contributed by atoms with E-state index in [0.29, 0.717) is 5.69 Å². The van der Waals surface area contributed by atoms with E-state index in [1.165, 1.54) is 6.21 Å². The summed E-state index contributed by atoms with van der Waals surface area (Å²) < 4.78 is 1.59. The van der Waals surface area contributed by atoms with Gasteiger partial charge >= 0.3 is 0 Å². The Morgan fingerprint density at radius 3 is 2.56 bits per heavy atom. The first kappa shape index (κ1) is 11.0. The number of hydrogen-bond donors (Lipinski definition) is 1. The second-order valence-electron chi connectivity index (χ2n) is 2.97. The molecule has 0 spiro atoms. The average Bonchev–Trinajstić information content (AvgIpc) is 2.56. The van der Waals surface area contributed by atoms with Crippen LogP contribution in [0.2, 0.25) is 10.4 Å². The first-order valence-electron chi connectivity index (χ1n) is 4.40. The molecule has 0 aliphatic carbocycles.